The molecular weight excluding hydrogens is 124 g/mol. The number of rotatable bonds is 6. The van der Waals surface area contributed by atoms with Crippen molar-refractivity contribution in [2.24, 2.45) is 0 Å². The Bertz CT molecular complexity index is 64.3. The van der Waals surface area contributed by atoms with Crippen LogP contribution < -0.4 is 5.32 Å². The lowest BCUT2D eigenvalue weighted by Gasteiger charge is -2.12. The first-order chi connectivity index (χ1) is 4.81. The van der Waals surface area contributed by atoms with E-state index in [0.717, 1.165) is 19.6 Å². The van der Waals surface area contributed by atoms with Gasteiger partial charge < -0.3 is 10.2 Å². The minimum atomic E-state index is 1.09. The first-order valence-electron chi connectivity index (χ1n) is 4.20. The van der Waals surface area contributed by atoms with Gasteiger partial charge in [-0.15, -0.1) is 0 Å². The van der Waals surface area contributed by atoms with Crippen LogP contribution in [0.5, 0.6) is 0 Å². The monoisotopic (exact) mass is 144 g/mol. The summed E-state index contributed by atoms with van der Waals surface area (Å²) in [7, 11) is 2.16. The van der Waals surface area contributed by atoms with Gasteiger partial charge in [0.05, 0.1) is 0 Å². The van der Waals surface area contributed by atoms with Crippen molar-refractivity contribution < 1.29 is 0 Å². The zero-order chi connectivity index (χ0) is 7.82. The minimum absolute atomic E-state index is 1.09. The molecule has 0 aliphatic rings. The van der Waals surface area contributed by atoms with E-state index >= 15 is 0 Å². The molecule has 2 heteroatoms. The molecule has 0 aromatic heterocycles. The van der Waals surface area contributed by atoms with E-state index < -0.39 is 0 Å². The summed E-state index contributed by atoms with van der Waals surface area (Å²) < 4.78 is 0. The maximum absolute atomic E-state index is 3.30. The molecule has 0 unspecified atom stereocenters. The molecule has 2 nitrogen and oxygen atoms in total. The summed E-state index contributed by atoms with van der Waals surface area (Å²) in [6, 6.07) is 0. The fourth-order valence-corrected chi connectivity index (χ4v) is 0.809. The largest absolute Gasteiger partial charge is 0.317 e. The highest BCUT2D eigenvalue weighted by molar-refractivity contribution is 4.50. The van der Waals surface area contributed by atoms with Crippen LogP contribution >= 0.6 is 0 Å². The SMILES string of the molecule is CCNCCCN(C)CC. The molecule has 1 N–H and O–H groups in total. The van der Waals surface area contributed by atoms with Crippen molar-refractivity contribution in [2.75, 3.05) is 33.2 Å². The van der Waals surface area contributed by atoms with Gasteiger partial charge in [0.1, 0.15) is 0 Å². The number of hydrogen-bond donors (Lipinski definition) is 1. The highest BCUT2D eigenvalue weighted by atomic mass is 15.1. The van der Waals surface area contributed by atoms with E-state index in [1.54, 1.807) is 0 Å². The summed E-state index contributed by atoms with van der Waals surface area (Å²) in [5, 5.41) is 3.30. The molecule has 0 aromatic carbocycles. The predicted octanol–water partition coefficient (Wildman–Crippen LogP) is 0.938. The Kier molecular flexibility index (Phi) is 6.98. The second kappa shape index (κ2) is 7.03. The van der Waals surface area contributed by atoms with Crippen LogP contribution in [0.4, 0.5) is 0 Å². The van der Waals surface area contributed by atoms with E-state index in [2.05, 4.69) is 31.1 Å². The van der Waals surface area contributed by atoms with Crippen LogP contribution in [0.2, 0.25) is 0 Å². The molecule has 0 rings (SSSR count). The zero-order valence-corrected chi connectivity index (χ0v) is 7.48. The Morgan fingerprint density at radius 1 is 1.30 bits per heavy atom. The van der Waals surface area contributed by atoms with E-state index in [1.807, 2.05) is 0 Å². The van der Waals surface area contributed by atoms with Crippen molar-refractivity contribution in [3.8, 4) is 0 Å². The number of hydrogen-bond acceptors (Lipinski definition) is 2. The van der Waals surface area contributed by atoms with Crippen LogP contribution in [0.25, 0.3) is 0 Å². The molecule has 62 valence electrons. The molecule has 0 aliphatic heterocycles. The normalized spacial score (nSPS) is 10.8. The molecule has 0 radical (unpaired) electrons. The molecule has 10 heavy (non-hydrogen) atoms. The number of nitrogens with zero attached hydrogens (tertiary/aromatic N) is 1. The van der Waals surface area contributed by atoms with Crippen LogP contribution in [-0.2, 0) is 0 Å². The Balaban J connectivity index is 2.89. The Morgan fingerprint density at radius 3 is 2.50 bits per heavy atom. The second-order valence-corrected chi connectivity index (χ2v) is 2.60. The van der Waals surface area contributed by atoms with Crippen molar-refractivity contribution in [3.05, 3.63) is 0 Å². The van der Waals surface area contributed by atoms with Gasteiger partial charge in [-0.3, -0.25) is 0 Å². The third-order valence-corrected chi connectivity index (χ3v) is 1.68. The summed E-state index contributed by atoms with van der Waals surface area (Å²) in [4.78, 5) is 2.33. The highest BCUT2D eigenvalue weighted by Gasteiger charge is 1.91. The van der Waals surface area contributed by atoms with Gasteiger partial charge in [0.15, 0.2) is 0 Å². The van der Waals surface area contributed by atoms with Crippen LogP contribution in [0.1, 0.15) is 20.3 Å². The maximum atomic E-state index is 3.30. The van der Waals surface area contributed by atoms with Crippen LogP contribution in [0.15, 0.2) is 0 Å². The maximum Gasteiger partial charge on any atom is -0.000981 e. The zero-order valence-electron chi connectivity index (χ0n) is 7.48. The van der Waals surface area contributed by atoms with Crippen molar-refractivity contribution in [1.29, 1.82) is 0 Å². The third kappa shape index (κ3) is 6.05. The van der Waals surface area contributed by atoms with E-state index in [1.165, 1.54) is 13.0 Å². The van der Waals surface area contributed by atoms with Gasteiger partial charge in [0, 0.05) is 0 Å². The highest BCUT2D eigenvalue weighted by Crippen LogP contribution is 1.83. The Hall–Kier alpha value is -0.0800. The average Bonchev–Trinajstić information content (AvgIpc) is 1.98. The Labute approximate surface area is 64.6 Å². The topological polar surface area (TPSA) is 15.3 Å². The standard InChI is InChI=1S/C8H20N2/c1-4-9-7-6-8-10(3)5-2/h9H,4-8H2,1-3H3. The summed E-state index contributed by atoms with van der Waals surface area (Å²) in [5.74, 6) is 0. The second-order valence-electron chi connectivity index (χ2n) is 2.60. The number of nitrogens with one attached hydrogen (secondary N) is 1. The lowest BCUT2D eigenvalue weighted by atomic mass is 10.4. The molecule has 0 aromatic rings. The van der Waals surface area contributed by atoms with Gasteiger partial charge in [0.2, 0.25) is 0 Å². The van der Waals surface area contributed by atoms with Gasteiger partial charge in [-0.25, -0.2) is 0 Å². The first kappa shape index (κ1) is 9.92. The van der Waals surface area contributed by atoms with E-state index in [4.69, 9.17) is 0 Å². The molecule has 0 saturated carbocycles. The van der Waals surface area contributed by atoms with Crippen molar-refractivity contribution in [2.45, 2.75) is 20.3 Å². The van der Waals surface area contributed by atoms with E-state index in [0.29, 0.717) is 0 Å². The van der Waals surface area contributed by atoms with Gasteiger partial charge in [-0.05, 0) is 39.6 Å². The third-order valence-electron chi connectivity index (χ3n) is 1.68. The summed E-state index contributed by atoms with van der Waals surface area (Å²) >= 11 is 0. The van der Waals surface area contributed by atoms with E-state index in [-0.39, 0.29) is 0 Å². The molecule has 0 heterocycles. The van der Waals surface area contributed by atoms with Gasteiger partial charge >= 0.3 is 0 Å². The van der Waals surface area contributed by atoms with Crippen LogP contribution in [0.3, 0.4) is 0 Å². The Morgan fingerprint density at radius 2 is 2.00 bits per heavy atom. The van der Waals surface area contributed by atoms with Crippen LogP contribution in [0, 0.1) is 0 Å². The van der Waals surface area contributed by atoms with Crippen molar-refractivity contribution in [3.63, 3.8) is 0 Å². The molecule has 0 atom stereocenters. The molecule has 0 fully saturated rings. The molecule has 0 bridgehead atoms. The summed E-state index contributed by atoms with van der Waals surface area (Å²) in [6.07, 6.45) is 1.26. The van der Waals surface area contributed by atoms with Crippen LogP contribution in [-0.4, -0.2) is 38.1 Å². The molecular formula is C8H20N2. The predicted molar refractivity (Wildman–Crippen MR) is 46.3 cm³/mol. The molecule has 0 amide bonds. The van der Waals surface area contributed by atoms with Gasteiger partial charge in [-0.1, -0.05) is 13.8 Å². The fourth-order valence-electron chi connectivity index (χ4n) is 0.809. The van der Waals surface area contributed by atoms with Crippen molar-refractivity contribution in [1.82, 2.24) is 10.2 Å². The summed E-state index contributed by atoms with van der Waals surface area (Å²) in [6.45, 7) is 8.95. The first-order valence-corrected chi connectivity index (χ1v) is 4.20. The summed E-state index contributed by atoms with van der Waals surface area (Å²) in [5.41, 5.74) is 0. The fraction of sp³-hybridized carbons (Fsp3) is 1.00. The van der Waals surface area contributed by atoms with Gasteiger partial charge in [0.25, 0.3) is 0 Å². The minimum Gasteiger partial charge on any atom is -0.317 e. The quantitative estimate of drug-likeness (QED) is 0.558. The lowest BCUT2D eigenvalue weighted by molar-refractivity contribution is 0.345. The van der Waals surface area contributed by atoms with E-state index in [9.17, 15) is 0 Å². The molecule has 0 spiro atoms. The van der Waals surface area contributed by atoms with Gasteiger partial charge in [-0.2, -0.15) is 0 Å². The van der Waals surface area contributed by atoms with Crippen molar-refractivity contribution >= 4 is 0 Å². The smallest absolute Gasteiger partial charge is 0.000981 e. The average molecular weight is 144 g/mol. The lowest BCUT2D eigenvalue weighted by Crippen LogP contribution is -2.23. The molecule has 0 aliphatic carbocycles. The molecule has 0 saturated heterocycles.